The summed E-state index contributed by atoms with van der Waals surface area (Å²) >= 11 is 6.01. The Morgan fingerprint density at radius 1 is 1.31 bits per heavy atom. The Morgan fingerprint density at radius 2 is 2.00 bits per heavy atom. The molecule has 1 rings (SSSR count). The first kappa shape index (κ1) is 13.2. The highest BCUT2D eigenvalue weighted by Gasteiger charge is 2.11. The minimum atomic E-state index is 0.330. The predicted octanol–water partition coefficient (Wildman–Crippen LogP) is 3.54. The van der Waals surface area contributed by atoms with Crippen LogP contribution < -0.4 is 5.32 Å². The molecular weight excluding hydrogens is 222 g/mol. The lowest BCUT2D eigenvalue weighted by Crippen LogP contribution is -2.14. The molecule has 0 saturated heterocycles. The van der Waals surface area contributed by atoms with Gasteiger partial charge in [-0.2, -0.15) is 0 Å². The van der Waals surface area contributed by atoms with Crippen molar-refractivity contribution in [3.8, 4) is 0 Å². The first-order chi connectivity index (χ1) is 7.44. The van der Waals surface area contributed by atoms with Crippen LogP contribution in [0.3, 0.4) is 0 Å². The Balaban J connectivity index is 2.64. The van der Waals surface area contributed by atoms with E-state index in [1.54, 1.807) is 0 Å². The molecule has 0 aliphatic carbocycles. The number of nitrogens with one attached hydrogen (secondary N) is 1. The van der Waals surface area contributed by atoms with Crippen LogP contribution in [0.4, 0.5) is 5.82 Å². The summed E-state index contributed by atoms with van der Waals surface area (Å²) in [5.41, 5.74) is 1.33. The monoisotopic (exact) mass is 241 g/mol. The van der Waals surface area contributed by atoms with Crippen molar-refractivity contribution < 1.29 is 0 Å². The van der Waals surface area contributed by atoms with Crippen molar-refractivity contribution in [1.29, 1.82) is 0 Å². The highest BCUT2D eigenvalue weighted by Crippen LogP contribution is 2.22. The van der Waals surface area contributed by atoms with Crippen LogP contribution in [-0.4, -0.2) is 16.5 Å². The second-order valence-corrected chi connectivity index (χ2v) is 5.44. The zero-order valence-corrected chi connectivity index (χ0v) is 11.2. The van der Waals surface area contributed by atoms with E-state index in [-0.39, 0.29) is 0 Å². The van der Waals surface area contributed by atoms with Crippen molar-refractivity contribution in [1.82, 2.24) is 9.97 Å². The van der Waals surface area contributed by atoms with Crippen LogP contribution in [0.1, 0.15) is 39.7 Å². The molecule has 1 heterocycles. The van der Waals surface area contributed by atoms with E-state index in [9.17, 15) is 0 Å². The Hall–Kier alpha value is -0.830. The van der Waals surface area contributed by atoms with E-state index < -0.39 is 0 Å². The molecule has 0 unspecified atom stereocenters. The van der Waals surface area contributed by atoms with Gasteiger partial charge in [-0.25, -0.2) is 9.97 Å². The Bertz CT molecular complexity index is 345. The topological polar surface area (TPSA) is 37.8 Å². The van der Waals surface area contributed by atoms with Crippen molar-refractivity contribution in [2.24, 2.45) is 5.41 Å². The SMILES string of the molecule is CCc1c(Cl)ncnc1NCCC(C)(C)C. The van der Waals surface area contributed by atoms with Crippen molar-refractivity contribution in [2.75, 3.05) is 11.9 Å². The molecule has 0 aliphatic heterocycles. The lowest BCUT2D eigenvalue weighted by molar-refractivity contribution is 0.389. The summed E-state index contributed by atoms with van der Waals surface area (Å²) in [6.45, 7) is 9.64. The van der Waals surface area contributed by atoms with E-state index in [0.29, 0.717) is 10.6 Å². The summed E-state index contributed by atoms with van der Waals surface area (Å²) in [4.78, 5) is 8.21. The molecule has 0 atom stereocenters. The fourth-order valence-electron chi connectivity index (χ4n) is 1.41. The number of rotatable bonds is 4. The average Bonchev–Trinajstić information content (AvgIpc) is 2.16. The van der Waals surface area contributed by atoms with E-state index in [1.165, 1.54) is 6.33 Å². The minimum absolute atomic E-state index is 0.330. The predicted molar refractivity (Wildman–Crippen MR) is 69.0 cm³/mol. The Labute approximate surface area is 103 Å². The smallest absolute Gasteiger partial charge is 0.137 e. The van der Waals surface area contributed by atoms with Crippen LogP contribution in [0.2, 0.25) is 5.15 Å². The molecule has 3 nitrogen and oxygen atoms in total. The molecule has 0 fully saturated rings. The van der Waals surface area contributed by atoms with Gasteiger partial charge in [0.2, 0.25) is 0 Å². The summed E-state index contributed by atoms with van der Waals surface area (Å²) in [5, 5.41) is 3.88. The Kier molecular flexibility index (Phi) is 4.54. The lowest BCUT2D eigenvalue weighted by atomic mass is 9.92. The molecule has 90 valence electrons. The van der Waals surface area contributed by atoms with Crippen molar-refractivity contribution in [3.05, 3.63) is 17.0 Å². The third-order valence-electron chi connectivity index (χ3n) is 2.41. The number of hydrogen-bond donors (Lipinski definition) is 1. The molecule has 0 spiro atoms. The molecule has 4 heteroatoms. The van der Waals surface area contributed by atoms with Gasteiger partial charge >= 0.3 is 0 Å². The quantitative estimate of drug-likeness (QED) is 0.820. The van der Waals surface area contributed by atoms with E-state index >= 15 is 0 Å². The summed E-state index contributed by atoms with van der Waals surface area (Å²) in [5.74, 6) is 0.867. The molecule has 0 aliphatic rings. The van der Waals surface area contributed by atoms with Gasteiger partial charge in [0.1, 0.15) is 17.3 Å². The molecule has 0 radical (unpaired) electrons. The third kappa shape index (κ3) is 3.97. The van der Waals surface area contributed by atoms with Gasteiger partial charge in [-0.3, -0.25) is 0 Å². The van der Waals surface area contributed by atoms with Crippen LogP contribution in [0, 0.1) is 5.41 Å². The molecule has 1 aromatic rings. The van der Waals surface area contributed by atoms with Crippen molar-refractivity contribution in [3.63, 3.8) is 0 Å². The molecule has 0 bridgehead atoms. The van der Waals surface area contributed by atoms with Gasteiger partial charge in [-0.05, 0) is 18.3 Å². The van der Waals surface area contributed by atoms with Crippen LogP contribution in [0.25, 0.3) is 0 Å². The molecule has 16 heavy (non-hydrogen) atoms. The van der Waals surface area contributed by atoms with Crippen molar-refractivity contribution >= 4 is 17.4 Å². The summed E-state index contributed by atoms with van der Waals surface area (Å²) in [7, 11) is 0. The molecule has 1 aromatic heterocycles. The second kappa shape index (κ2) is 5.48. The number of hydrogen-bond acceptors (Lipinski definition) is 3. The lowest BCUT2D eigenvalue weighted by Gasteiger charge is -2.19. The highest BCUT2D eigenvalue weighted by molar-refractivity contribution is 6.30. The summed E-state index contributed by atoms with van der Waals surface area (Å²) < 4.78 is 0. The van der Waals surface area contributed by atoms with Crippen LogP contribution in [-0.2, 0) is 6.42 Å². The number of aromatic nitrogens is 2. The van der Waals surface area contributed by atoms with E-state index in [2.05, 4.69) is 43.0 Å². The van der Waals surface area contributed by atoms with Gasteiger partial charge in [0.25, 0.3) is 0 Å². The summed E-state index contributed by atoms with van der Waals surface area (Å²) in [6.07, 6.45) is 3.44. The standard InChI is InChI=1S/C12H20ClN3/c1-5-9-10(13)15-8-16-11(9)14-7-6-12(2,3)4/h8H,5-7H2,1-4H3,(H,14,15,16). The zero-order chi connectivity index (χ0) is 12.2. The maximum atomic E-state index is 6.01. The van der Waals surface area contributed by atoms with E-state index in [0.717, 1.165) is 30.8 Å². The molecule has 0 amide bonds. The maximum absolute atomic E-state index is 6.01. The van der Waals surface area contributed by atoms with E-state index in [1.807, 2.05) is 0 Å². The van der Waals surface area contributed by atoms with Gasteiger partial charge in [-0.15, -0.1) is 0 Å². The molecule has 0 aromatic carbocycles. The first-order valence-corrected chi connectivity index (χ1v) is 6.05. The first-order valence-electron chi connectivity index (χ1n) is 5.67. The van der Waals surface area contributed by atoms with Crippen LogP contribution in [0.5, 0.6) is 0 Å². The van der Waals surface area contributed by atoms with Crippen LogP contribution in [0.15, 0.2) is 6.33 Å². The third-order valence-corrected chi connectivity index (χ3v) is 2.74. The van der Waals surface area contributed by atoms with Gasteiger partial charge in [0.15, 0.2) is 0 Å². The maximum Gasteiger partial charge on any atom is 0.137 e. The normalized spacial score (nSPS) is 11.6. The van der Waals surface area contributed by atoms with Crippen LogP contribution >= 0.6 is 11.6 Å². The molecule has 1 N–H and O–H groups in total. The Morgan fingerprint density at radius 3 is 2.56 bits per heavy atom. The zero-order valence-electron chi connectivity index (χ0n) is 10.5. The second-order valence-electron chi connectivity index (χ2n) is 5.08. The molecular formula is C12H20ClN3. The van der Waals surface area contributed by atoms with Gasteiger partial charge in [-0.1, -0.05) is 39.3 Å². The fraction of sp³-hybridized carbons (Fsp3) is 0.667. The number of nitrogens with zero attached hydrogens (tertiary/aromatic N) is 2. The fourth-order valence-corrected chi connectivity index (χ4v) is 1.68. The van der Waals surface area contributed by atoms with Gasteiger partial charge in [0, 0.05) is 12.1 Å². The molecule has 0 saturated carbocycles. The number of halogens is 1. The highest BCUT2D eigenvalue weighted by atomic mass is 35.5. The van der Waals surface area contributed by atoms with E-state index in [4.69, 9.17) is 11.6 Å². The van der Waals surface area contributed by atoms with Gasteiger partial charge in [0.05, 0.1) is 0 Å². The average molecular weight is 242 g/mol. The minimum Gasteiger partial charge on any atom is -0.370 e. The summed E-state index contributed by atoms with van der Waals surface area (Å²) in [6, 6.07) is 0. The van der Waals surface area contributed by atoms with Crippen molar-refractivity contribution in [2.45, 2.75) is 40.5 Å². The largest absolute Gasteiger partial charge is 0.370 e. The van der Waals surface area contributed by atoms with Gasteiger partial charge < -0.3 is 5.32 Å². The number of anilines is 1.